The lowest BCUT2D eigenvalue weighted by molar-refractivity contribution is -0.141. The molecule has 3 aromatic rings. The van der Waals surface area contributed by atoms with Gasteiger partial charge < -0.3 is 4.74 Å². The van der Waals surface area contributed by atoms with Gasteiger partial charge in [-0.3, -0.25) is 23.9 Å². The Morgan fingerprint density at radius 1 is 1.21 bits per heavy atom. The summed E-state index contributed by atoms with van der Waals surface area (Å²) in [6, 6.07) is 7.05. The normalized spacial score (nSPS) is 12.4. The van der Waals surface area contributed by atoms with Crippen molar-refractivity contribution in [2.45, 2.75) is 26.2 Å². The Hall–Kier alpha value is -3.61. The second kappa shape index (κ2) is 7.79. The van der Waals surface area contributed by atoms with Crippen molar-refractivity contribution in [2.75, 3.05) is 6.61 Å². The molecule has 0 N–H and O–H groups in total. The molecule has 29 heavy (non-hydrogen) atoms. The fourth-order valence-electron chi connectivity index (χ4n) is 3.36. The third-order valence-corrected chi connectivity index (χ3v) is 4.76. The molecule has 0 fully saturated rings. The minimum Gasteiger partial charge on any atom is -0.466 e. The predicted octanol–water partition coefficient (Wildman–Crippen LogP) is 3.07. The van der Waals surface area contributed by atoms with E-state index in [2.05, 4.69) is 9.97 Å². The van der Waals surface area contributed by atoms with Crippen LogP contribution < -0.4 is 5.56 Å². The van der Waals surface area contributed by atoms with Crippen molar-refractivity contribution in [1.82, 2.24) is 14.5 Å². The van der Waals surface area contributed by atoms with E-state index in [9.17, 15) is 14.4 Å². The second-order valence-corrected chi connectivity index (χ2v) is 6.81. The fourth-order valence-corrected chi connectivity index (χ4v) is 3.36. The van der Waals surface area contributed by atoms with Crippen molar-refractivity contribution in [2.24, 2.45) is 0 Å². The highest BCUT2D eigenvalue weighted by Crippen LogP contribution is 2.27. The first kappa shape index (κ1) is 18.7. The van der Waals surface area contributed by atoms with E-state index in [1.165, 1.54) is 17.7 Å². The van der Waals surface area contributed by atoms with E-state index in [4.69, 9.17) is 4.74 Å². The van der Waals surface area contributed by atoms with Gasteiger partial charge in [0.25, 0.3) is 5.56 Å². The number of unbranched alkanes of at least 4 members (excludes halogenated alkanes) is 2. The standard InChI is InChI=1S/C22H19N3O4/c1-14(26)29-11-5-3-2-4-6-15-7-8-19-16(12-15)20(27)21-24-18-9-10-23-13-17(18)22(28)25(19)21/h4,6-10,12-13H,2-3,5,11H2,1H3/b6-4+. The fraction of sp³-hybridized carbons (Fsp3) is 0.227. The number of ether oxygens (including phenoxy) is 1. The van der Waals surface area contributed by atoms with Crippen molar-refractivity contribution < 1.29 is 14.3 Å². The second-order valence-electron chi connectivity index (χ2n) is 6.81. The summed E-state index contributed by atoms with van der Waals surface area (Å²) in [5, 5.41) is 0.384. The third-order valence-electron chi connectivity index (χ3n) is 4.76. The van der Waals surface area contributed by atoms with Gasteiger partial charge in [0, 0.05) is 19.3 Å². The minimum atomic E-state index is -0.290. The highest BCUT2D eigenvalue weighted by molar-refractivity contribution is 6.13. The topological polar surface area (TPSA) is 91.2 Å². The van der Waals surface area contributed by atoms with Crippen molar-refractivity contribution in [3.63, 3.8) is 0 Å². The van der Waals surface area contributed by atoms with Crippen LogP contribution >= 0.6 is 0 Å². The number of hydrogen-bond acceptors (Lipinski definition) is 6. The number of ketones is 1. The molecule has 7 nitrogen and oxygen atoms in total. The number of fused-ring (bicyclic) bond motifs is 4. The minimum absolute atomic E-state index is 0.135. The van der Waals surface area contributed by atoms with Crippen LogP contribution in [0.15, 0.2) is 47.5 Å². The summed E-state index contributed by atoms with van der Waals surface area (Å²) in [5.74, 6) is -0.384. The van der Waals surface area contributed by atoms with Crippen LogP contribution in [-0.4, -0.2) is 32.9 Å². The average molecular weight is 389 g/mol. The first-order valence-electron chi connectivity index (χ1n) is 9.42. The number of allylic oxidation sites excluding steroid dienone is 1. The number of benzene rings is 1. The maximum Gasteiger partial charge on any atom is 0.302 e. The predicted molar refractivity (Wildman–Crippen MR) is 108 cm³/mol. The van der Waals surface area contributed by atoms with Crippen LogP contribution in [0, 0.1) is 0 Å². The highest BCUT2D eigenvalue weighted by atomic mass is 16.5. The number of rotatable bonds is 6. The van der Waals surface area contributed by atoms with Crippen LogP contribution in [0.25, 0.3) is 22.7 Å². The lowest BCUT2D eigenvalue weighted by atomic mass is 10.1. The molecule has 0 amide bonds. The van der Waals surface area contributed by atoms with Crippen LogP contribution in [0.1, 0.15) is 47.9 Å². The van der Waals surface area contributed by atoms with Crippen LogP contribution in [0.5, 0.6) is 0 Å². The highest BCUT2D eigenvalue weighted by Gasteiger charge is 2.30. The summed E-state index contributed by atoms with van der Waals surface area (Å²) in [6.45, 7) is 1.83. The number of pyridine rings is 1. The van der Waals surface area contributed by atoms with Crippen LogP contribution in [0.3, 0.4) is 0 Å². The first-order chi connectivity index (χ1) is 14.1. The van der Waals surface area contributed by atoms with Gasteiger partial charge in [-0.2, -0.15) is 0 Å². The molecule has 2 aromatic heterocycles. The Bertz CT molecular complexity index is 1210. The largest absolute Gasteiger partial charge is 0.466 e. The van der Waals surface area contributed by atoms with Crippen LogP contribution in [0.4, 0.5) is 0 Å². The molecule has 0 spiro atoms. The molecule has 3 heterocycles. The lowest BCUT2D eigenvalue weighted by Crippen LogP contribution is -2.21. The Morgan fingerprint density at radius 2 is 2.07 bits per heavy atom. The molecule has 4 rings (SSSR count). The molecule has 1 aliphatic rings. The molecule has 0 saturated heterocycles. The Labute approximate surface area is 166 Å². The maximum atomic E-state index is 12.8. The van der Waals surface area contributed by atoms with E-state index < -0.39 is 0 Å². The van der Waals surface area contributed by atoms with E-state index in [-0.39, 0.29) is 23.1 Å². The summed E-state index contributed by atoms with van der Waals surface area (Å²) in [7, 11) is 0. The number of esters is 1. The van der Waals surface area contributed by atoms with Crippen LogP contribution in [-0.2, 0) is 9.53 Å². The molecule has 0 atom stereocenters. The number of nitrogens with zero attached hydrogens (tertiary/aromatic N) is 3. The summed E-state index contributed by atoms with van der Waals surface area (Å²) >= 11 is 0. The third kappa shape index (κ3) is 3.59. The zero-order valence-electron chi connectivity index (χ0n) is 15.9. The molecule has 0 radical (unpaired) electrons. The molecule has 0 saturated carbocycles. The smallest absolute Gasteiger partial charge is 0.302 e. The zero-order valence-corrected chi connectivity index (χ0v) is 15.9. The SMILES string of the molecule is CC(=O)OCCCC/C=C/c1ccc2c(c1)C(=O)c1nc3ccncc3c(=O)n1-2. The maximum absolute atomic E-state index is 12.8. The van der Waals surface area contributed by atoms with Crippen molar-refractivity contribution in [1.29, 1.82) is 0 Å². The number of hydrogen-bond donors (Lipinski definition) is 0. The molecule has 1 aromatic carbocycles. The summed E-state index contributed by atoms with van der Waals surface area (Å²) in [4.78, 5) is 44.8. The van der Waals surface area contributed by atoms with Gasteiger partial charge in [-0.25, -0.2) is 4.98 Å². The van der Waals surface area contributed by atoms with Gasteiger partial charge in [0.15, 0.2) is 5.82 Å². The van der Waals surface area contributed by atoms with Gasteiger partial charge in [-0.1, -0.05) is 18.2 Å². The molecule has 7 heteroatoms. The zero-order chi connectivity index (χ0) is 20.4. The monoisotopic (exact) mass is 389 g/mol. The van der Waals surface area contributed by atoms with Gasteiger partial charge >= 0.3 is 5.97 Å². The van der Waals surface area contributed by atoms with E-state index in [0.29, 0.717) is 28.8 Å². The van der Waals surface area contributed by atoms with Crippen molar-refractivity contribution in [3.05, 3.63) is 70.0 Å². The molecule has 146 valence electrons. The van der Waals surface area contributed by atoms with E-state index in [1.54, 1.807) is 24.4 Å². The number of aromatic nitrogens is 3. The van der Waals surface area contributed by atoms with Crippen LogP contribution in [0.2, 0.25) is 0 Å². The Kier molecular flexibility index (Phi) is 5.03. The lowest BCUT2D eigenvalue weighted by Gasteiger charge is -2.05. The van der Waals surface area contributed by atoms with Gasteiger partial charge in [-0.15, -0.1) is 0 Å². The molecular formula is C22H19N3O4. The average Bonchev–Trinajstić information content (AvgIpc) is 2.99. The van der Waals surface area contributed by atoms with Gasteiger partial charge in [0.2, 0.25) is 5.78 Å². The van der Waals surface area contributed by atoms with Gasteiger partial charge in [0.05, 0.1) is 28.8 Å². The van der Waals surface area contributed by atoms with Gasteiger partial charge in [-0.05, 0) is 43.0 Å². The van der Waals surface area contributed by atoms with E-state index in [1.807, 2.05) is 18.2 Å². The van der Waals surface area contributed by atoms with E-state index >= 15 is 0 Å². The Balaban J connectivity index is 1.54. The molecule has 0 unspecified atom stereocenters. The summed E-state index contributed by atoms with van der Waals surface area (Å²) in [5.41, 5.74) is 2.07. The molecule has 0 bridgehead atoms. The number of carbonyl (C=O) groups excluding carboxylic acids is 2. The van der Waals surface area contributed by atoms with E-state index in [0.717, 1.165) is 24.8 Å². The number of carbonyl (C=O) groups is 2. The summed E-state index contributed by atoms with van der Waals surface area (Å²) in [6.07, 6.45) is 9.53. The first-order valence-corrected chi connectivity index (χ1v) is 9.42. The Morgan fingerprint density at radius 3 is 2.90 bits per heavy atom. The molecule has 0 aliphatic carbocycles. The van der Waals surface area contributed by atoms with Crippen molar-refractivity contribution >= 4 is 28.7 Å². The van der Waals surface area contributed by atoms with Gasteiger partial charge in [0.1, 0.15) is 0 Å². The summed E-state index contributed by atoms with van der Waals surface area (Å²) < 4.78 is 6.26. The molecular weight excluding hydrogens is 370 g/mol. The molecule has 1 aliphatic heterocycles. The van der Waals surface area contributed by atoms with Crippen molar-refractivity contribution in [3.8, 4) is 5.69 Å². The quantitative estimate of drug-likeness (QED) is 0.372.